The van der Waals surface area contributed by atoms with Gasteiger partial charge in [0.1, 0.15) is 5.75 Å². The fraction of sp³-hybridized carbons (Fsp3) is 0.696. The third-order valence-corrected chi connectivity index (χ3v) is 5.54. The molecule has 0 radical (unpaired) electrons. The summed E-state index contributed by atoms with van der Waals surface area (Å²) in [5.74, 6) is 1.20. The number of carbonyl (C=O) groups is 1. The van der Waals surface area contributed by atoms with Gasteiger partial charge in [-0.15, -0.1) is 0 Å². The van der Waals surface area contributed by atoms with Crippen molar-refractivity contribution in [1.29, 1.82) is 0 Å². The smallest absolute Gasteiger partial charge is 0.311 e. The number of ether oxygens (including phenoxy) is 2. The molecular formula is C23H35FO3. The standard InChI is InChI=1S/C23H35FO3/c1-3-5-6-7-18-8-10-19(11-9-18)12-15-23(25)27-20-13-14-22(21(24)17-20)26-16-4-2/h13-14,17-19H,3-12,15-16H2,1-2H3/t18-,19-. The minimum atomic E-state index is -0.491. The normalized spacial score (nSPS) is 19.7. The first-order valence-electron chi connectivity index (χ1n) is 10.7. The number of esters is 1. The summed E-state index contributed by atoms with van der Waals surface area (Å²) in [6.07, 6.45) is 12.5. The quantitative estimate of drug-likeness (QED) is 0.244. The first-order chi connectivity index (χ1) is 13.1. The molecule has 0 N–H and O–H groups in total. The van der Waals surface area contributed by atoms with Crippen LogP contribution in [0.3, 0.4) is 0 Å². The topological polar surface area (TPSA) is 35.5 Å². The number of carbonyl (C=O) groups excluding carboxylic acids is 1. The molecule has 1 aliphatic carbocycles. The van der Waals surface area contributed by atoms with Crippen molar-refractivity contribution in [3.05, 3.63) is 24.0 Å². The first-order valence-corrected chi connectivity index (χ1v) is 10.7. The van der Waals surface area contributed by atoms with Crippen molar-refractivity contribution in [3.63, 3.8) is 0 Å². The van der Waals surface area contributed by atoms with E-state index >= 15 is 0 Å². The molecule has 1 aromatic rings. The van der Waals surface area contributed by atoms with Crippen LogP contribution in [0, 0.1) is 17.7 Å². The minimum absolute atomic E-state index is 0.201. The zero-order valence-electron chi connectivity index (χ0n) is 17.0. The lowest BCUT2D eigenvalue weighted by atomic mass is 9.78. The molecule has 0 amide bonds. The Morgan fingerprint density at radius 3 is 2.37 bits per heavy atom. The van der Waals surface area contributed by atoms with Crippen LogP contribution < -0.4 is 9.47 Å². The Labute approximate surface area is 163 Å². The van der Waals surface area contributed by atoms with Gasteiger partial charge in [0, 0.05) is 12.5 Å². The molecule has 0 atom stereocenters. The van der Waals surface area contributed by atoms with Crippen LogP contribution in [0.1, 0.15) is 84.5 Å². The van der Waals surface area contributed by atoms with Crippen molar-refractivity contribution >= 4 is 5.97 Å². The first kappa shape index (κ1) is 21.7. The van der Waals surface area contributed by atoms with E-state index in [1.165, 1.54) is 63.5 Å². The van der Waals surface area contributed by atoms with Gasteiger partial charge in [-0.2, -0.15) is 0 Å². The summed E-state index contributed by atoms with van der Waals surface area (Å²) in [6, 6.07) is 4.34. The van der Waals surface area contributed by atoms with Gasteiger partial charge >= 0.3 is 5.97 Å². The molecule has 27 heavy (non-hydrogen) atoms. The van der Waals surface area contributed by atoms with Gasteiger partial charge in [-0.3, -0.25) is 4.79 Å². The van der Waals surface area contributed by atoms with Crippen LogP contribution >= 0.6 is 0 Å². The summed E-state index contributed by atoms with van der Waals surface area (Å²) < 4.78 is 24.5. The molecule has 0 aromatic heterocycles. The van der Waals surface area contributed by atoms with E-state index in [9.17, 15) is 9.18 Å². The zero-order chi connectivity index (χ0) is 19.5. The van der Waals surface area contributed by atoms with E-state index in [-0.39, 0.29) is 17.5 Å². The summed E-state index contributed by atoms with van der Waals surface area (Å²) >= 11 is 0. The maximum atomic E-state index is 13.9. The van der Waals surface area contributed by atoms with Crippen LogP contribution in [-0.2, 0) is 4.79 Å². The number of hydrogen-bond acceptors (Lipinski definition) is 3. The Morgan fingerprint density at radius 2 is 1.74 bits per heavy atom. The van der Waals surface area contributed by atoms with Crippen molar-refractivity contribution < 1.29 is 18.7 Å². The fourth-order valence-electron chi connectivity index (χ4n) is 3.87. The maximum absolute atomic E-state index is 13.9. The second-order valence-corrected chi connectivity index (χ2v) is 7.84. The average Bonchev–Trinajstić information content (AvgIpc) is 2.67. The van der Waals surface area contributed by atoms with Gasteiger partial charge in [-0.25, -0.2) is 4.39 Å². The van der Waals surface area contributed by atoms with E-state index in [1.54, 1.807) is 6.07 Å². The monoisotopic (exact) mass is 378 g/mol. The number of hydrogen-bond donors (Lipinski definition) is 0. The van der Waals surface area contributed by atoms with Gasteiger partial charge < -0.3 is 9.47 Å². The van der Waals surface area contributed by atoms with Gasteiger partial charge in [0.15, 0.2) is 11.6 Å². The molecule has 152 valence electrons. The zero-order valence-corrected chi connectivity index (χ0v) is 17.0. The highest BCUT2D eigenvalue weighted by Crippen LogP contribution is 2.34. The molecule has 0 heterocycles. The molecule has 2 rings (SSSR count). The van der Waals surface area contributed by atoms with Crippen molar-refractivity contribution in [3.8, 4) is 11.5 Å². The predicted octanol–water partition coefficient (Wildman–Crippen LogP) is 6.69. The minimum Gasteiger partial charge on any atom is -0.491 e. The molecule has 0 spiro atoms. The Hall–Kier alpha value is -1.58. The van der Waals surface area contributed by atoms with Crippen LogP contribution in [0.15, 0.2) is 18.2 Å². The summed E-state index contributed by atoms with van der Waals surface area (Å²) in [5, 5.41) is 0. The summed E-state index contributed by atoms with van der Waals surface area (Å²) in [7, 11) is 0. The van der Waals surface area contributed by atoms with Crippen LogP contribution in [0.4, 0.5) is 4.39 Å². The number of benzene rings is 1. The number of rotatable bonds is 11. The Kier molecular flexibility index (Phi) is 9.65. The molecule has 1 fully saturated rings. The molecule has 0 saturated heterocycles. The van der Waals surface area contributed by atoms with E-state index in [0.717, 1.165) is 18.8 Å². The van der Waals surface area contributed by atoms with Crippen LogP contribution in [0.2, 0.25) is 0 Å². The largest absolute Gasteiger partial charge is 0.491 e. The summed E-state index contributed by atoms with van der Waals surface area (Å²) in [6.45, 7) is 4.68. The van der Waals surface area contributed by atoms with Gasteiger partial charge in [0.25, 0.3) is 0 Å². The predicted molar refractivity (Wildman–Crippen MR) is 107 cm³/mol. The van der Waals surface area contributed by atoms with E-state index in [2.05, 4.69) is 6.92 Å². The SMILES string of the molecule is CCCCC[C@H]1CC[C@H](CCC(=O)Oc2ccc(OCCC)c(F)c2)CC1. The molecule has 1 aromatic carbocycles. The molecule has 4 heteroatoms. The molecule has 3 nitrogen and oxygen atoms in total. The third-order valence-electron chi connectivity index (χ3n) is 5.54. The van der Waals surface area contributed by atoms with E-state index < -0.39 is 5.82 Å². The van der Waals surface area contributed by atoms with Gasteiger partial charge in [0.05, 0.1) is 6.61 Å². The van der Waals surface area contributed by atoms with Gasteiger partial charge in [0.2, 0.25) is 0 Å². The molecule has 0 bridgehead atoms. The average molecular weight is 379 g/mol. The number of unbranched alkanes of at least 4 members (excludes halogenated alkanes) is 2. The molecule has 0 unspecified atom stereocenters. The van der Waals surface area contributed by atoms with Crippen LogP contribution in [0.25, 0.3) is 0 Å². The highest BCUT2D eigenvalue weighted by molar-refractivity contribution is 5.72. The van der Waals surface area contributed by atoms with E-state index in [4.69, 9.17) is 9.47 Å². The third kappa shape index (κ3) is 7.90. The Balaban J connectivity index is 1.67. The molecule has 1 saturated carbocycles. The van der Waals surface area contributed by atoms with Crippen molar-refractivity contribution in [2.24, 2.45) is 11.8 Å². The second kappa shape index (κ2) is 12.0. The highest BCUT2D eigenvalue weighted by atomic mass is 19.1. The lowest BCUT2D eigenvalue weighted by Gasteiger charge is -2.28. The highest BCUT2D eigenvalue weighted by Gasteiger charge is 2.21. The van der Waals surface area contributed by atoms with Crippen LogP contribution in [-0.4, -0.2) is 12.6 Å². The Bertz CT molecular complexity index is 565. The maximum Gasteiger partial charge on any atom is 0.311 e. The summed E-state index contributed by atoms with van der Waals surface area (Å²) in [4.78, 5) is 12.1. The van der Waals surface area contributed by atoms with Crippen molar-refractivity contribution in [2.75, 3.05) is 6.61 Å². The van der Waals surface area contributed by atoms with E-state index in [0.29, 0.717) is 18.9 Å². The molecule has 1 aliphatic rings. The van der Waals surface area contributed by atoms with Crippen LogP contribution in [0.5, 0.6) is 11.5 Å². The molecule has 0 aliphatic heterocycles. The second-order valence-electron chi connectivity index (χ2n) is 7.84. The van der Waals surface area contributed by atoms with Gasteiger partial charge in [-0.05, 0) is 36.8 Å². The molecular weight excluding hydrogens is 343 g/mol. The van der Waals surface area contributed by atoms with Gasteiger partial charge in [-0.1, -0.05) is 65.2 Å². The van der Waals surface area contributed by atoms with Crippen molar-refractivity contribution in [2.45, 2.75) is 84.5 Å². The fourth-order valence-corrected chi connectivity index (χ4v) is 3.87. The van der Waals surface area contributed by atoms with Crippen molar-refractivity contribution in [1.82, 2.24) is 0 Å². The Morgan fingerprint density at radius 1 is 1.04 bits per heavy atom. The number of halogens is 1. The lowest BCUT2D eigenvalue weighted by molar-refractivity contribution is -0.134. The van der Waals surface area contributed by atoms with E-state index in [1.807, 2.05) is 6.92 Å². The summed E-state index contributed by atoms with van der Waals surface area (Å²) in [5.41, 5.74) is 0. The lowest BCUT2D eigenvalue weighted by Crippen LogP contribution is -2.17.